The zero-order valence-corrected chi connectivity index (χ0v) is 12.9. The van der Waals surface area contributed by atoms with Crippen LogP contribution in [0.3, 0.4) is 0 Å². The Labute approximate surface area is 113 Å². The normalized spacial score (nSPS) is 21.7. The number of sulfone groups is 1. The van der Waals surface area contributed by atoms with Crippen molar-refractivity contribution in [3.05, 3.63) is 0 Å². The average molecular weight is 275 g/mol. The fourth-order valence-electron chi connectivity index (χ4n) is 2.78. The minimum Gasteiger partial charge on any atom is -0.313 e. The van der Waals surface area contributed by atoms with Gasteiger partial charge in [0.1, 0.15) is 0 Å². The van der Waals surface area contributed by atoms with Crippen molar-refractivity contribution in [1.82, 2.24) is 5.32 Å². The van der Waals surface area contributed by atoms with Gasteiger partial charge in [-0.05, 0) is 25.3 Å². The molecule has 0 amide bonds. The molecule has 0 aromatic rings. The lowest BCUT2D eigenvalue weighted by molar-refractivity contribution is 0.394. The van der Waals surface area contributed by atoms with E-state index in [0.29, 0.717) is 11.7 Å². The van der Waals surface area contributed by atoms with E-state index in [9.17, 15) is 8.42 Å². The first kappa shape index (κ1) is 16.0. The molecule has 18 heavy (non-hydrogen) atoms. The molecule has 108 valence electrons. The van der Waals surface area contributed by atoms with E-state index in [-0.39, 0.29) is 11.3 Å². The summed E-state index contributed by atoms with van der Waals surface area (Å²) in [6.45, 7) is 7.16. The van der Waals surface area contributed by atoms with Crippen molar-refractivity contribution < 1.29 is 8.42 Å². The molecule has 2 atom stereocenters. The van der Waals surface area contributed by atoms with Gasteiger partial charge < -0.3 is 5.32 Å². The Bertz CT molecular complexity index is 321. The van der Waals surface area contributed by atoms with Crippen molar-refractivity contribution in [1.29, 1.82) is 0 Å². The Morgan fingerprint density at radius 2 is 1.78 bits per heavy atom. The van der Waals surface area contributed by atoms with E-state index in [4.69, 9.17) is 0 Å². The van der Waals surface area contributed by atoms with Gasteiger partial charge >= 0.3 is 0 Å². The molecule has 1 aliphatic carbocycles. The minimum atomic E-state index is -2.92. The third-order valence-electron chi connectivity index (χ3n) is 4.27. The van der Waals surface area contributed by atoms with E-state index in [2.05, 4.69) is 19.2 Å². The summed E-state index contributed by atoms with van der Waals surface area (Å²) in [5.41, 5.74) is 0. The maximum Gasteiger partial charge on any atom is 0.154 e. The molecule has 0 aliphatic heterocycles. The molecule has 0 aromatic carbocycles. The average Bonchev–Trinajstić information content (AvgIpc) is 2.38. The van der Waals surface area contributed by atoms with Gasteiger partial charge in [0.2, 0.25) is 0 Å². The van der Waals surface area contributed by atoms with Gasteiger partial charge in [-0.2, -0.15) is 0 Å². The fourth-order valence-corrected chi connectivity index (χ4v) is 5.05. The van der Waals surface area contributed by atoms with Gasteiger partial charge in [0, 0.05) is 6.04 Å². The molecule has 1 fully saturated rings. The summed E-state index contributed by atoms with van der Waals surface area (Å²) in [5, 5.41) is 3.28. The second kappa shape index (κ2) is 7.49. The summed E-state index contributed by atoms with van der Waals surface area (Å²) in [6, 6.07) is 0.118. The molecule has 4 heteroatoms. The summed E-state index contributed by atoms with van der Waals surface area (Å²) in [7, 11) is -2.92. The lowest BCUT2D eigenvalue weighted by Crippen LogP contribution is -2.43. The molecule has 0 heterocycles. The van der Waals surface area contributed by atoms with Gasteiger partial charge in [-0.25, -0.2) is 8.42 Å². The smallest absolute Gasteiger partial charge is 0.154 e. The van der Waals surface area contributed by atoms with Crippen LogP contribution < -0.4 is 5.32 Å². The van der Waals surface area contributed by atoms with E-state index < -0.39 is 9.84 Å². The first-order chi connectivity index (χ1) is 8.51. The predicted molar refractivity (Wildman–Crippen MR) is 77.6 cm³/mol. The summed E-state index contributed by atoms with van der Waals surface area (Å²) in [6.07, 6.45) is 6.15. The number of nitrogens with one attached hydrogen (secondary N) is 1. The SMILES string of the molecule is CCNC(CS(=O)(=O)C1CCCCC1)C(C)CC. The first-order valence-corrected chi connectivity index (χ1v) is 9.17. The molecule has 1 aliphatic rings. The van der Waals surface area contributed by atoms with Crippen molar-refractivity contribution >= 4 is 9.84 Å². The van der Waals surface area contributed by atoms with Gasteiger partial charge in [0.25, 0.3) is 0 Å². The lowest BCUT2D eigenvalue weighted by Gasteiger charge is -2.28. The van der Waals surface area contributed by atoms with Crippen LogP contribution in [-0.4, -0.2) is 32.0 Å². The molecule has 0 radical (unpaired) electrons. The van der Waals surface area contributed by atoms with E-state index in [1.807, 2.05) is 6.92 Å². The maximum atomic E-state index is 12.5. The second-order valence-electron chi connectivity index (χ2n) is 5.64. The topological polar surface area (TPSA) is 46.2 Å². The van der Waals surface area contributed by atoms with E-state index in [1.54, 1.807) is 0 Å². The van der Waals surface area contributed by atoms with Crippen LogP contribution >= 0.6 is 0 Å². The van der Waals surface area contributed by atoms with Crippen LogP contribution in [0.4, 0.5) is 0 Å². The molecule has 3 nitrogen and oxygen atoms in total. The standard InChI is InChI=1S/C14H29NO2S/c1-4-12(3)14(15-5-2)11-18(16,17)13-9-7-6-8-10-13/h12-15H,4-11H2,1-3H3. The second-order valence-corrected chi connectivity index (χ2v) is 7.96. The van der Waals surface area contributed by atoms with Crippen molar-refractivity contribution in [2.75, 3.05) is 12.3 Å². The molecule has 2 unspecified atom stereocenters. The monoisotopic (exact) mass is 275 g/mol. The summed E-state index contributed by atoms with van der Waals surface area (Å²) >= 11 is 0. The molecular weight excluding hydrogens is 246 g/mol. The number of rotatable bonds is 7. The maximum absolute atomic E-state index is 12.5. The minimum absolute atomic E-state index is 0.0727. The van der Waals surface area contributed by atoms with E-state index in [0.717, 1.165) is 38.6 Å². The van der Waals surface area contributed by atoms with Crippen LogP contribution in [-0.2, 0) is 9.84 Å². The van der Waals surface area contributed by atoms with Crippen LogP contribution in [0.15, 0.2) is 0 Å². The molecule has 1 rings (SSSR count). The number of hydrogen-bond acceptors (Lipinski definition) is 3. The third-order valence-corrected chi connectivity index (χ3v) is 6.58. The van der Waals surface area contributed by atoms with Gasteiger partial charge in [-0.15, -0.1) is 0 Å². The highest BCUT2D eigenvalue weighted by atomic mass is 32.2. The molecule has 0 saturated heterocycles. The van der Waals surface area contributed by atoms with Crippen LogP contribution in [0.2, 0.25) is 0 Å². The summed E-state index contributed by atoms with van der Waals surface area (Å²) < 4.78 is 24.9. The molecule has 0 spiro atoms. The zero-order valence-electron chi connectivity index (χ0n) is 12.1. The van der Waals surface area contributed by atoms with Crippen molar-refractivity contribution in [2.45, 2.75) is 70.6 Å². The fraction of sp³-hybridized carbons (Fsp3) is 1.00. The Morgan fingerprint density at radius 1 is 1.17 bits per heavy atom. The Balaban J connectivity index is 2.65. The Hall–Kier alpha value is -0.0900. The zero-order chi connectivity index (χ0) is 13.6. The van der Waals surface area contributed by atoms with Crippen molar-refractivity contribution in [3.8, 4) is 0 Å². The molecular formula is C14H29NO2S. The quantitative estimate of drug-likeness (QED) is 0.777. The highest BCUT2D eigenvalue weighted by Gasteiger charge is 2.31. The van der Waals surface area contributed by atoms with Gasteiger partial charge in [0.15, 0.2) is 9.84 Å². The van der Waals surface area contributed by atoms with Crippen LogP contribution in [0.25, 0.3) is 0 Å². The van der Waals surface area contributed by atoms with Gasteiger partial charge in [-0.1, -0.05) is 46.5 Å². The van der Waals surface area contributed by atoms with E-state index in [1.165, 1.54) is 6.42 Å². The molecule has 0 bridgehead atoms. The van der Waals surface area contributed by atoms with Gasteiger partial charge in [-0.3, -0.25) is 0 Å². The largest absolute Gasteiger partial charge is 0.313 e. The van der Waals surface area contributed by atoms with E-state index >= 15 is 0 Å². The van der Waals surface area contributed by atoms with Crippen LogP contribution in [0.1, 0.15) is 59.3 Å². The first-order valence-electron chi connectivity index (χ1n) is 7.46. The molecule has 1 saturated carbocycles. The van der Waals surface area contributed by atoms with Crippen molar-refractivity contribution in [2.24, 2.45) is 5.92 Å². The van der Waals surface area contributed by atoms with Crippen LogP contribution in [0.5, 0.6) is 0 Å². The lowest BCUT2D eigenvalue weighted by atomic mass is 10.0. The number of hydrogen-bond donors (Lipinski definition) is 1. The summed E-state index contributed by atoms with van der Waals surface area (Å²) in [4.78, 5) is 0. The van der Waals surface area contributed by atoms with Crippen LogP contribution in [0, 0.1) is 5.92 Å². The summed E-state index contributed by atoms with van der Waals surface area (Å²) in [5.74, 6) is 0.740. The highest BCUT2D eigenvalue weighted by Crippen LogP contribution is 2.25. The Kier molecular flexibility index (Phi) is 6.64. The van der Waals surface area contributed by atoms with Crippen molar-refractivity contribution in [3.63, 3.8) is 0 Å². The predicted octanol–water partition coefficient (Wildman–Crippen LogP) is 2.76. The Morgan fingerprint density at radius 3 is 2.28 bits per heavy atom. The van der Waals surface area contributed by atoms with Gasteiger partial charge in [0.05, 0.1) is 11.0 Å². The highest BCUT2D eigenvalue weighted by molar-refractivity contribution is 7.92. The molecule has 1 N–H and O–H groups in total. The molecule has 0 aromatic heterocycles. The third kappa shape index (κ3) is 4.54.